The largest absolute Gasteiger partial charge is 0.326 e. The molecule has 0 aliphatic carbocycles. The molecule has 2 N–H and O–H groups in total. The van der Waals surface area contributed by atoms with Crippen LogP contribution in [-0.4, -0.2) is 5.33 Å². The summed E-state index contributed by atoms with van der Waals surface area (Å²) >= 11 is 3.25. The van der Waals surface area contributed by atoms with Crippen LogP contribution in [0, 0.1) is 34.3 Å². The smallest absolute Gasteiger partial charge is 0.124 e. The molecule has 0 aliphatic heterocycles. The van der Waals surface area contributed by atoms with Crippen LogP contribution >= 0.6 is 15.9 Å². The van der Waals surface area contributed by atoms with Gasteiger partial charge in [0.15, 0.2) is 0 Å². The molecule has 2 aromatic rings. The molecule has 0 aliphatic rings. The van der Waals surface area contributed by atoms with E-state index in [-0.39, 0.29) is 12.4 Å². The molecule has 6 heteroatoms. The summed E-state index contributed by atoms with van der Waals surface area (Å²) in [6.45, 7) is 0.256. The average molecular weight is 378 g/mol. The predicted octanol–water partition coefficient (Wildman–Crippen LogP) is 3.79. The summed E-state index contributed by atoms with van der Waals surface area (Å²) in [6, 6.07) is 12.2. The number of halogens is 3. The highest BCUT2D eigenvalue weighted by atomic mass is 79.9. The second kappa shape index (κ2) is 9.68. The van der Waals surface area contributed by atoms with Crippen LogP contribution in [0.4, 0.5) is 8.78 Å². The molecular formula is C17H14BrF2N3. The fraction of sp³-hybridized carbons (Fsp3) is 0.176. The third-order valence-corrected chi connectivity index (χ3v) is 3.19. The Balaban J connectivity index is 0.000000231. The highest BCUT2D eigenvalue weighted by Crippen LogP contribution is 2.10. The Kier molecular flexibility index (Phi) is 7.90. The van der Waals surface area contributed by atoms with Crippen LogP contribution in [0.25, 0.3) is 0 Å². The van der Waals surface area contributed by atoms with Crippen LogP contribution in [0.3, 0.4) is 0 Å². The van der Waals surface area contributed by atoms with E-state index in [1.54, 1.807) is 12.1 Å². The highest BCUT2D eigenvalue weighted by molar-refractivity contribution is 9.09. The topological polar surface area (TPSA) is 73.6 Å². The molecule has 0 atom stereocenters. The van der Waals surface area contributed by atoms with Crippen LogP contribution in [0.15, 0.2) is 36.4 Å². The second-order valence-corrected chi connectivity index (χ2v) is 5.36. The molecule has 0 aromatic heterocycles. The Bertz CT molecular complexity index is 748. The summed E-state index contributed by atoms with van der Waals surface area (Å²) in [5.74, 6) is -0.755. The van der Waals surface area contributed by atoms with E-state index in [2.05, 4.69) is 15.9 Å². The molecule has 2 aromatic carbocycles. The summed E-state index contributed by atoms with van der Waals surface area (Å²) in [4.78, 5) is 0. The van der Waals surface area contributed by atoms with Crippen molar-refractivity contribution in [2.75, 3.05) is 5.33 Å². The molecule has 0 amide bonds. The number of nitrogens with two attached hydrogens (primary N) is 1. The van der Waals surface area contributed by atoms with Gasteiger partial charge in [0.25, 0.3) is 0 Å². The van der Waals surface area contributed by atoms with E-state index in [9.17, 15) is 8.78 Å². The maximum Gasteiger partial charge on any atom is 0.124 e. The van der Waals surface area contributed by atoms with Gasteiger partial charge in [-0.25, -0.2) is 8.78 Å². The van der Waals surface area contributed by atoms with Gasteiger partial charge in [-0.05, 0) is 53.9 Å². The van der Waals surface area contributed by atoms with Gasteiger partial charge in [-0.2, -0.15) is 10.5 Å². The van der Waals surface area contributed by atoms with E-state index < -0.39 is 5.82 Å². The average Bonchev–Trinajstić information content (AvgIpc) is 2.54. The fourth-order valence-electron chi connectivity index (χ4n) is 1.80. The number of nitrogens with zero attached hydrogens (tertiary/aromatic N) is 2. The van der Waals surface area contributed by atoms with Crippen LogP contribution < -0.4 is 5.73 Å². The van der Waals surface area contributed by atoms with Crippen LogP contribution in [0.1, 0.15) is 22.3 Å². The van der Waals surface area contributed by atoms with Crippen molar-refractivity contribution in [2.24, 2.45) is 5.73 Å². The van der Waals surface area contributed by atoms with Gasteiger partial charge in [-0.3, -0.25) is 0 Å². The molecule has 0 bridgehead atoms. The van der Waals surface area contributed by atoms with Gasteiger partial charge in [0.1, 0.15) is 11.6 Å². The number of alkyl halides is 1. The maximum atomic E-state index is 12.8. The predicted molar refractivity (Wildman–Crippen MR) is 87.6 cm³/mol. The lowest BCUT2D eigenvalue weighted by Crippen LogP contribution is -1.97. The molecular weight excluding hydrogens is 364 g/mol. The summed E-state index contributed by atoms with van der Waals surface area (Å²) < 4.78 is 25.4. The summed E-state index contributed by atoms with van der Waals surface area (Å²) in [6.07, 6.45) is 0.742. The number of rotatable bonds is 3. The van der Waals surface area contributed by atoms with Crippen LogP contribution in [0.5, 0.6) is 0 Å². The van der Waals surface area contributed by atoms with Gasteiger partial charge in [0, 0.05) is 11.9 Å². The van der Waals surface area contributed by atoms with Crippen molar-refractivity contribution in [3.8, 4) is 12.1 Å². The third-order valence-electron chi connectivity index (χ3n) is 2.79. The normalized spacial score (nSPS) is 9.30. The lowest BCUT2D eigenvalue weighted by molar-refractivity contribution is 0.624. The van der Waals surface area contributed by atoms with Crippen molar-refractivity contribution >= 4 is 15.9 Å². The maximum absolute atomic E-state index is 12.8. The van der Waals surface area contributed by atoms with E-state index in [4.69, 9.17) is 16.3 Å². The number of nitriles is 2. The Hall–Kier alpha value is -2.28. The van der Waals surface area contributed by atoms with Crippen molar-refractivity contribution < 1.29 is 8.78 Å². The van der Waals surface area contributed by atoms with Gasteiger partial charge in [0.05, 0.1) is 23.3 Å². The Labute approximate surface area is 142 Å². The standard InChI is InChI=1S/C9H7BrFN.C8H7FN2/c10-2-1-7-3-8(6-12)5-9(11)4-7;9-8-2-6(4-10)1-7(3-8)5-11/h3-5H,1-2H2;1-3H,4,10H2. The Morgan fingerprint density at radius 1 is 0.870 bits per heavy atom. The first-order valence-electron chi connectivity index (χ1n) is 6.67. The van der Waals surface area contributed by atoms with Gasteiger partial charge in [0.2, 0.25) is 0 Å². The summed E-state index contributed by atoms with van der Waals surface area (Å²) in [5.41, 5.74) is 7.45. The van der Waals surface area contributed by atoms with Crippen molar-refractivity contribution in [1.29, 1.82) is 10.5 Å². The van der Waals surface area contributed by atoms with E-state index >= 15 is 0 Å². The lowest BCUT2D eigenvalue weighted by atomic mass is 10.1. The summed E-state index contributed by atoms with van der Waals surface area (Å²) in [7, 11) is 0. The lowest BCUT2D eigenvalue weighted by Gasteiger charge is -1.98. The monoisotopic (exact) mass is 377 g/mol. The zero-order chi connectivity index (χ0) is 17.2. The number of benzene rings is 2. The van der Waals surface area contributed by atoms with Crippen molar-refractivity contribution in [3.05, 3.63) is 70.3 Å². The van der Waals surface area contributed by atoms with E-state index in [1.165, 1.54) is 24.3 Å². The molecule has 2 rings (SSSR count). The highest BCUT2D eigenvalue weighted by Gasteiger charge is 1.99. The van der Waals surface area contributed by atoms with Gasteiger partial charge in [-0.15, -0.1) is 0 Å². The number of hydrogen-bond acceptors (Lipinski definition) is 3. The number of aryl methyl sites for hydroxylation is 1. The second-order valence-electron chi connectivity index (χ2n) is 4.56. The zero-order valence-electron chi connectivity index (χ0n) is 12.2. The SMILES string of the molecule is N#Cc1cc(F)cc(CCBr)c1.N#Cc1cc(F)cc(CN)c1. The molecule has 0 fully saturated rings. The van der Waals surface area contributed by atoms with Crippen LogP contribution in [-0.2, 0) is 13.0 Å². The van der Waals surface area contributed by atoms with Crippen LogP contribution in [0.2, 0.25) is 0 Å². The zero-order valence-corrected chi connectivity index (χ0v) is 13.8. The minimum absolute atomic E-state index is 0.256. The fourth-order valence-corrected chi connectivity index (χ4v) is 2.26. The first-order valence-corrected chi connectivity index (χ1v) is 7.79. The minimum Gasteiger partial charge on any atom is -0.326 e. The van der Waals surface area contributed by atoms with Gasteiger partial charge < -0.3 is 5.73 Å². The molecule has 118 valence electrons. The molecule has 0 saturated carbocycles. The molecule has 0 heterocycles. The first-order chi connectivity index (χ1) is 11.0. The quantitative estimate of drug-likeness (QED) is 0.826. The molecule has 23 heavy (non-hydrogen) atoms. The molecule has 0 saturated heterocycles. The Morgan fingerprint density at radius 2 is 1.35 bits per heavy atom. The minimum atomic E-state index is -0.412. The van der Waals surface area contributed by atoms with Crippen molar-refractivity contribution in [3.63, 3.8) is 0 Å². The van der Waals surface area contributed by atoms with Gasteiger partial charge >= 0.3 is 0 Å². The molecule has 0 spiro atoms. The first kappa shape index (κ1) is 18.8. The van der Waals surface area contributed by atoms with Crippen molar-refractivity contribution in [1.82, 2.24) is 0 Å². The molecule has 0 radical (unpaired) electrons. The van der Waals surface area contributed by atoms with Gasteiger partial charge in [-0.1, -0.05) is 15.9 Å². The summed E-state index contributed by atoms with van der Waals surface area (Å²) in [5, 5.41) is 17.7. The third kappa shape index (κ3) is 6.56. The Morgan fingerprint density at radius 3 is 1.78 bits per heavy atom. The van der Waals surface area contributed by atoms with E-state index in [0.29, 0.717) is 16.7 Å². The number of hydrogen-bond donors (Lipinski definition) is 1. The van der Waals surface area contributed by atoms with E-state index in [1.807, 2.05) is 12.1 Å². The van der Waals surface area contributed by atoms with Crippen molar-refractivity contribution in [2.45, 2.75) is 13.0 Å². The van der Waals surface area contributed by atoms with E-state index in [0.717, 1.165) is 17.3 Å². The molecule has 0 unspecified atom stereocenters. The molecule has 3 nitrogen and oxygen atoms in total.